The summed E-state index contributed by atoms with van der Waals surface area (Å²) < 4.78 is 6.00. The van der Waals surface area contributed by atoms with Gasteiger partial charge in [-0.2, -0.15) is 0 Å². The first kappa shape index (κ1) is 24.4. The molecule has 0 bridgehead atoms. The third-order valence-corrected chi connectivity index (χ3v) is 8.03. The number of aromatic nitrogens is 1. The van der Waals surface area contributed by atoms with Crippen molar-refractivity contribution >= 4 is 22.5 Å². The molecule has 4 aromatic rings. The van der Waals surface area contributed by atoms with Gasteiger partial charge in [0.05, 0.1) is 22.0 Å². The zero-order valence-electron chi connectivity index (χ0n) is 20.9. The van der Waals surface area contributed by atoms with Crippen LogP contribution in [0.2, 0.25) is 5.02 Å². The molecule has 190 valence electrons. The molecular formula is C31H32ClN3O2. The number of aliphatic hydroxyl groups is 1. The average Bonchev–Trinajstić information content (AvgIpc) is 3.09. The molecule has 37 heavy (non-hydrogen) atoms. The van der Waals surface area contributed by atoms with E-state index in [1.54, 1.807) is 12.3 Å². The van der Waals surface area contributed by atoms with Gasteiger partial charge in [-0.15, -0.1) is 0 Å². The summed E-state index contributed by atoms with van der Waals surface area (Å²) in [5, 5.41) is 12.2. The van der Waals surface area contributed by atoms with E-state index in [0.717, 1.165) is 49.9 Å². The number of fused-ring (bicyclic) bond motifs is 3. The summed E-state index contributed by atoms with van der Waals surface area (Å²) in [5.41, 5.74) is 6.59. The number of ether oxygens (including phenoxy) is 1. The van der Waals surface area contributed by atoms with Crippen molar-refractivity contribution < 1.29 is 9.84 Å². The molecule has 2 heterocycles. The molecule has 0 spiro atoms. The first-order valence-corrected chi connectivity index (χ1v) is 13.5. The van der Waals surface area contributed by atoms with Crippen molar-refractivity contribution in [3.63, 3.8) is 0 Å². The average molecular weight is 514 g/mol. The number of rotatable bonds is 6. The van der Waals surface area contributed by atoms with Gasteiger partial charge in [-0.05, 0) is 53.3 Å². The number of benzene rings is 3. The predicted molar refractivity (Wildman–Crippen MR) is 148 cm³/mol. The molecule has 6 heteroatoms. The first-order chi connectivity index (χ1) is 18.2. The second kappa shape index (κ2) is 10.8. The van der Waals surface area contributed by atoms with Gasteiger partial charge in [-0.1, -0.05) is 66.2 Å². The quantitative estimate of drug-likeness (QED) is 0.387. The van der Waals surface area contributed by atoms with Crippen molar-refractivity contribution in [2.45, 2.75) is 25.0 Å². The Morgan fingerprint density at radius 3 is 2.24 bits per heavy atom. The lowest BCUT2D eigenvalue weighted by atomic mass is 9.92. The smallest absolute Gasteiger partial charge is 0.130 e. The van der Waals surface area contributed by atoms with E-state index < -0.39 is 6.10 Å². The van der Waals surface area contributed by atoms with Gasteiger partial charge in [-0.3, -0.25) is 14.8 Å². The van der Waals surface area contributed by atoms with E-state index in [9.17, 15) is 5.11 Å². The number of piperazine rings is 1. The Morgan fingerprint density at radius 2 is 1.54 bits per heavy atom. The Balaban J connectivity index is 1.10. The molecular weight excluding hydrogens is 482 g/mol. The van der Waals surface area contributed by atoms with Gasteiger partial charge in [-0.25, -0.2) is 0 Å². The van der Waals surface area contributed by atoms with Crippen LogP contribution in [0.5, 0.6) is 5.75 Å². The Bertz CT molecular complexity index is 1330. The Kier molecular flexibility index (Phi) is 7.12. The maximum absolute atomic E-state index is 10.8. The van der Waals surface area contributed by atoms with Crippen LogP contribution in [0, 0.1) is 0 Å². The van der Waals surface area contributed by atoms with Crippen LogP contribution in [0.4, 0.5) is 0 Å². The molecule has 5 nitrogen and oxygen atoms in total. The summed E-state index contributed by atoms with van der Waals surface area (Å²) in [5.74, 6) is 0.658. The van der Waals surface area contributed by atoms with Crippen molar-refractivity contribution in [1.29, 1.82) is 0 Å². The van der Waals surface area contributed by atoms with Crippen LogP contribution in [0.15, 0.2) is 79.0 Å². The maximum atomic E-state index is 10.8. The zero-order chi connectivity index (χ0) is 25.2. The molecule has 3 aromatic carbocycles. The highest BCUT2D eigenvalue weighted by Crippen LogP contribution is 2.37. The number of pyridine rings is 1. The Labute approximate surface area is 223 Å². The van der Waals surface area contributed by atoms with Crippen molar-refractivity contribution in [1.82, 2.24) is 14.8 Å². The van der Waals surface area contributed by atoms with Crippen LogP contribution in [-0.2, 0) is 12.8 Å². The molecule has 1 saturated heterocycles. The lowest BCUT2D eigenvalue weighted by Crippen LogP contribution is -2.50. The molecule has 6 rings (SSSR count). The molecule has 1 aliphatic carbocycles. The second-order valence-corrected chi connectivity index (χ2v) is 10.5. The minimum absolute atomic E-state index is 0.216. The topological polar surface area (TPSA) is 48.8 Å². The standard InChI is InChI=1S/C31H32ClN3O2/c32-27-14-15-33-28-10-5-11-29(30(27)28)37-21-24(36)20-34-16-18-35(19-17-34)31-25-8-3-1-6-22(25)12-13-23-7-2-4-9-26(23)31/h1-11,14-15,24,31,36H,12-13,16-21H2. The minimum Gasteiger partial charge on any atom is -0.490 e. The summed E-state index contributed by atoms with van der Waals surface area (Å²) in [6.45, 7) is 4.57. The lowest BCUT2D eigenvalue weighted by molar-refractivity contribution is 0.0403. The minimum atomic E-state index is -0.586. The number of aliphatic hydroxyl groups excluding tert-OH is 1. The van der Waals surface area contributed by atoms with Gasteiger partial charge < -0.3 is 9.84 Å². The summed E-state index contributed by atoms with van der Waals surface area (Å²) in [4.78, 5) is 9.33. The highest BCUT2D eigenvalue weighted by Gasteiger charge is 2.31. The molecule has 0 amide bonds. The molecule has 0 saturated carbocycles. The normalized spacial score (nSPS) is 17.7. The zero-order valence-corrected chi connectivity index (χ0v) is 21.6. The Hall–Kier alpha value is -2.96. The largest absolute Gasteiger partial charge is 0.490 e. The third-order valence-electron chi connectivity index (χ3n) is 7.71. The first-order valence-electron chi connectivity index (χ1n) is 13.1. The van der Waals surface area contributed by atoms with Gasteiger partial charge in [0, 0.05) is 38.9 Å². The fourth-order valence-corrected chi connectivity index (χ4v) is 6.13. The summed E-state index contributed by atoms with van der Waals surface area (Å²) in [6, 6.07) is 25.6. The maximum Gasteiger partial charge on any atom is 0.130 e. The molecule has 0 radical (unpaired) electrons. The van der Waals surface area contributed by atoms with Crippen LogP contribution in [0.25, 0.3) is 10.9 Å². The molecule has 1 unspecified atom stereocenters. The van der Waals surface area contributed by atoms with Gasteiger partial charge in [0.15, 0.2) is 0 Å². The van der Waals surface area contributed by atoms with Crippen LogP contribution < -0.4 is 4.74 Å². The van der Waals surface area contributed by atoms with Crippen molar-refractivity contribution in [2.75, 3.05) is 39.3 Å². The van der Waals surface area contributed by atoms with Crippen LogP contribution >= 0.6 is 11.6 Å². The van der Waals surface area contributed by atoms with E-state index in [-0.39, 0.29) is 12.6 Å². The number of hydrogen-bond donors (Lipinski definition) is 1. The number of hydrogen-bond acceptors (Lipinski definition) is 5. The van der Waals surface area contributed by atoms with Gasteiger partial charge in [0.25, 0.3) is 0 Å². The van der Waals surface area contributed by atoms with Crippen LogP contribution in [0.1, 0.15) is 28.3 Å². The molecule has 1 atom stereocenters. The SMILES string of the molecule is OC(COc1cccc2nccc(Cl)c12)CN1CCN(C2c3ccccc3CCc3ccccc32)CC1. The van der Waals surface area contributed by atoms with Gasteiger partial charge >= 0.3 is 0 Å². The van der Waals surface area contributed by atoms with Crippen LogP contribution in [-0.4, -0.2) is 65.3 Å². The van der Waals surface area contributed by atoms with E-state index in [1.807, 2.05) is 18.2 Å². The van der Waals surface area contributed by atoms with Crippen molar-refractivity contribution in [3.8, 4) is 5.75 Å². The van der Waals surface area contributed by atoms with Crippen molar-refractivity contribution in [2.24, 2.45) is 0 Å². The van der Waals surface area contributed by atoms with Gasteiger partial charge in [0.2, 0.25) is 0 Å². The third kappa shape index (κ3) is 5.10. The highest BCUT2D eigenvalue weighted by molar-refractivity contribution is 6.35. The van der Waals surface area contributed by atoms with E-state index in [1.165, 1.54) is 22.3 Å². The van der Waals surface area contributed by atoms with Crippen molar-refractivity contribution in [3.05, 3.63) is 106 Å². The predicted octanol–water partition coefficient (Wildman–Crippen LogP) is 5.13. The highest BCUT2D eigenvalue weighted by atomic mass is 35.5. The summed E-state index contributed by atoms with van der Waals surface area (Å²) in [6.07, 6.45) is 3.29. The molecule has 1 fully saturated rings. The molecule has 2 aliphatic rings. The fourth-order valence-electron chi connectivity index (χ4n) is 5.88. The number of aryl methyl sites for hydroxylation is 2. The number of halogens is 1. The molecule has 1 aromatic heterocycles. The lowest BCUT2D eigenvalue weighted by Gasteiger charge is -2.40. The fraction of sp³-hybridized carbons (Fsp3) is 0.323. The number of nitrogens with zero attached hydrogens (tertiary/aromatic N) is 3. The van der Waals surface area contributed by atoms with E-state index in [4.69, 9.17) is 16.3 Å². The molecule has 1 aliphatic heterocycles. The van der Waals surface area contributed by atoms with Gasteiger partial charge in [0.1, 0.15) is 18.5 Å². The monoisotopic (exact) mass is 513 g/mol. The van der Waals surface area contributed by atoms with E-state index >= 15 is 0 Å². The summed E-state index contributed by atoms with van der Waals surface area (Å²) >= 11 is 6.39. The Morgan fingerprint density at radius 1 is 0.865 bits per heavy atom. The second-order valence-electron chi connectivity index (χ2n) is 10.0. The van der Waals surface area contributed by atoms with Crippen LogP contribution in [0.3, 0.4) is 0 Å². The number of β-amino-alcohol motifs (C(OH)–C–C–N with tert-alkyl or cyclic N) is 1. The summed E-state index contributed by atoms with van der Waals surface area (Å²) in [7, 11) is 0. The molecule has 1 N–H and O–H groups in total. The van der Waals surface area contributed by atoms with E-state index in [0.29, 0.717) is 17.3 Å². The van der Waals surface area contributed by atoms with E-state index in [2.05, 4.69) is 63.3 Å².